The number of nitrogens with zero attached hydrogens (tertiary/aromatic N) is 3. The Balaban J connectivity index is 0.000000704. The third-order valence-electron chi connectivity index (χ3n) is 3.73. The quantitative estimate of drug-likeness (QED) is 0.830. The highest BCUT2D eigenvalue weighted by Crippen LogP contribution is 2.33. The lowest BCUT2D eigenvalue weighted by molar-refractivity contribution is 0.314. The predicted molar refractivity (Wildman–Crippen MR) is 82.7 cm³/mol. The van der Waals surface area contributed by atoms with Gasteiger partial charge in [0, 0.05) is 18.6 Å². The van der Waals surface area contributed by atoms with Crippen LogP contribution in [-0.2, 0) is 19.4 Å². The molecule has 0 saturated heterocycles. The number of pyridine rings is 1. The predicted octanol–water partition coefficient (Wildman–Crippen LogP) is 3.87. The largest absolute Gasteiger partial charge is 0.268 e. The van der Waals surface area contributed by atoms with Gasteiger partial charge in [0.05, 0.1) is 12.2 Å². The standard InChI is InChI=1S/C15H19N3.C2H6/c1-15(2)6-3-14-13(9-15)11-18(17-14)10-12-4-7-16-8-5-12;1-2/h4-5,7-8,11H,3,6,9-10H2,1-2H3;1-2H3. The van der Waals surface area contributed by atoms with Crippen molar-refractivity contribution in [2.24, 2.45) is 5.41 Å². The maximum Gasteiger partial charge on any atom is 0.0660 e. The van der Waals surface area contributed by atoms with Crippen molar-refractivity contribution in [2.45, 2.75) is 53.5 Å². The van der Waals surface area contributed by atoms with Gasteiger partial charge in [0.15, 0.2) is 0 Å². The number of aromatic nitrogens is 3. The van der Waals surface area contributed by atoms with Crippen molar-refractivity contribution in [3.8, 4) is 0 Å². The molecule has 0 aliphatic heterocycles. The zero-order chi connectivity index (χ0) is 14.6. The molecule has 2 aromatic heterocycles. The summed E-state index contributed by atoms with van der Waals surface area (Å²) in [6, 6.07) is 4.09. The summed E-state index contributed by atoms with van der Waals surface area (Å²) in [6.07, 6.45) is 9.40. The molecule has 3 nitrogen and oxygen atoms in total. The zero-order valence-electron chi connectivity index (χ0n) is 13.1. The van der Waals surface area contributed by atoms with Crippen molar-refractivity contribution in [3.05, 3.63) is 47.5 Å². The number of hydrogen-bond acceptors (Lipinski definition) is 2. The zero-order valence-corrected chi connectivity index (χ0v) is 13.1. The molecule has 0 amide bonds. The molecule has 0 atom stereocenters. The summed E-state index contributed by atoms with van der Waals surface area (Å²) in [6.45, 7) is 9.53. The molecule has 3 heteroatoms. The minimum atomic E-state index is 0.428. The number of hydrogen-bond donors (Lipinski definition) is 0. The van der Waals surface area contributed by atoms with E-state index >= 15 is 0 Å². The van der Waals surface area contributed by atoms with Gasteiger partial charge in [0.1, 0.15) is 0 Å². The fourth-order valence-electron chi connectivity index (χ4n) is 2.68. The molecule has 1 aliphatic carbocycles. The first-order valence-electron chi connectivity index (χ1n) is 7.56. The summed E-state index contributed by atoms with van der Waals surface area (Å²) in [4.78, 5) is 4.04. The Morgan fingerprint density at radius 2 is 1.90 bits per heavy atom. The van der Waals surface area contributed by atoms with Gasteiger partial charge in [-0.25, -0.2) is 0 Å². The number of rotatable bonds is 2. The van der Waals surface area contributed by atoms with Crippen LogP contribution in [0.5, 0.6) is 0 Å². The molecule has 0 fully saturated rings. The molecule has 0 radical (unpaired) electrons. The molecule has 0 aromatic carbocycles. The summed E-state index contributed by atoms with van der Waals surface area (Å²) in [7, 11) is 0. The average Bonchev–Trinajstić information content (AvgIpc) is 2.82. The molecule has 0 saturated carbocycles. The second-order valence-corrected chi connectivity index (χ2v) is 6.00. The highest BCUT2D eigenvalue weighted by atomic mass is 15.3. The summed E-state index contributed by atoms with van der Waals surface area (Å²) < 4.78 is 2.07. The molecular formula is C17H25N3. The third kappa shape index (κ3) is 3.47. The Hall–Kier alpha value is -1.64. The first kappa shape index (κ1) is 14.8. The third-order valence-corrected chi connectivity index (χ3v) is 3.73. The fraction of sp³-hybridized carbons (Fsp3) is 0.529. The first-order valence-corrected chi connectivity index (χ1v) is 7.56. The van der Waals surface area contributed by atoms with E-state index in [0.29, 0.717) is 5.41 Å². The van der Waals surface area contributed by atoms with Crippen LogP contribution in [0.15, 0.2) is 30.7 Å². The van der Waals surface area contributed by atoms with Crippen molar-refractivity contribution in [2.75, 3.05) is 0 Å². The minimum absolute atomic E-state index is 0.428. The molecular weight excluding hydrogens is 246 g/mol. The SMILES string of the molecule is CC.CC1(C)CCc2nn(Cc3ccncc3)cc2C1. The summed E-state index contributed by atoms with van der Waals surface area (Å²) >= 11 is 0. The van der Waals surface area contributed by atoms with Crippen LogP contribution in [0.2, 0.25) is 0 Å². The normalized spacial score (nSPS) is 16.0. The molecule has 2 heterocycles. The van der Waals surface area contributed by atoms with Crippen LogP contribution in [0.4, 0.5) is 0 Å². The van der Waals surface area contributed by atoms with E-state index in [4.69, 9.17) is 5.10 Å². The lowest BCUT2D eigenvalue weighted by Crippen LogP contribution is -2.21. The molecule has 20 heavy (non-hydrogen) atoms. The lowest BCUT2D eigenvalue weighted by atomic mass is 9.77. The van der Waals surface area contributed by atoms with Crippen LogP contribution in [-0.4, -0.2) is 14.8 Å². The van der Waals surface area contributed by atoms with E-state index < -0.39 is 0 Å². The van der Waals surface area contributed by atoms with Crippen LogP contribution < -0.4 is 0 Å². The van der Waals surface area contributed by atoms with E-state index in [2.05, 4.69) is 29.7 Å². The van der Waals surface area contributed by atoms with Gasteiger partial charge in [0.2, 0.25) is 0 Å². The molecule has 0 bridgehead atoms. The summed E-state index contributed by atoms with van der Waals surface area (Å²) in [5.41, 5.74) is 4.41. The van der Waals surface area contributed by atoms with Crippen LogP contribution in [0, 0.1) is 5.41 Å². The van der Waals surface area contributed by atoms with Crippen molar-refractivity contribution < 1.29 is 0 Å². The maximum atomic E-state index is 4.71. The minimum Gasteiger partial charge on any atom is -0.268 e. The van der Waals surface area contributed by atoms with Gasteiger partial charge < -0.3 is 0 Å². The average molecular weight is 271 g/mol. The Morgan fingerprint density at radius 1 is 1.20 bits per heavy atom. The fourth-order valence-corrected chi connectivity index (χ4v) is 2.68. The van der Waals surface area contributed by atoms with Gasteiger partial charge in [0.25, 0.3) is 0 Å². The monoisotopic (exact) mass is 271 g/mol. The van der Waals surface area contributed by atoms with Gasteiger partial charge in [-0.1, -0.05) is 27.7 Å². The second kappa shape index (κ2) is 6.21. The van der Waals surface area contributed by atoms with Gasteiger partial charge in [-0.15, -0.1) is 0 Å². The van der Waals surface area contributed by atoms with E-state index in [-0.39, 0.29) is 0 Å². The van der Waals surface area contributed by atoms with Crippen molar-refractivity contribution in [1.29, 1.82) is 0 Å². The molecule has 0 N–H and O–H groups in total. The van der Waals surface area contributed by atoms with Gasteiger partial charge in [-0.05, 0) is 47.9 Å². The molecule has 0 unspecified atom stereocenters. The smallest absolute Gasteiger partial charge is 0.0660 e. The lowest BCUT2D eigenvalue weighted by Gasteiger charge is -2.28. The second-order valence-electron chi connectivity index (χ2n) is 6.00. The van der Waals surface area contributed by atoms with E-state index in [1.807, 2.05) is 38.4 Å². The Morgan fingerprint density at radius 3 is 2.60 bits per heavy atom. The van der Waals surface area contributed by atoms with Crippen LogP contribution in [0.3, 0.4) is 0 Å². The van der Waals surface area contributed by atoms with E-state index in [9.17, 15) is 0 Å². The molecule has 1 aliphatic rings. The topological polar surface area (TPSA) is 30.7 Å². The highest BCUT2D eigenvalue weighted by molar-refractivity contribution is 5.23. The molecule has 108 valence electrons. The van der Waals surface area contributed by atoms with Gasteiger partial charge in [-0.3, -0.25) is 9.67 Å². The summed E-state index contributed by atoms with van der Waals surface area (Å²) in [5.74, 6) is 0. The van der Waals surface area contributed by atoms with E-state index in [1.165, 1.54) is 23.2 Å². The molecule has 3 rings (SSSR count). The van der Waals surface area contributed by atoms with Crippen LogP contribution in [0.1, 0.15) is 50.9 Å². The first-order chi connectivity index (χ1) is 9.62. The number of fused-ring (bicyclic) bond motifs is 1. The van der Waals surface area contributed by atoms with Crippen molar-refractivity contribution in [3.63, 3.8) is 0 Å². The van der Waals surface area contributed by atoms with Crippen LogP contribution >= 0.6 is 0 Å². The van der Waals surface area contributed by atoms with Gasteiger partial charge >= 0.3 is 0 Å². The number of aryl methyl sites for hydroxylation is 1. The molecule has 0 spiro atoms. The van der Waals surface area contributed by atoms with E-state index in [0.717, 1.165) is 19.4 Å². The Bertz CT molecular complexity index is 541. The Kier molecular flexibility index (Phi) is 4.58. The molecule has 2 aromatic rings. The van der Waals surface area contributed by atoms with Crippen molar-refractivity contribution >= 4 is 0 Å². The van der Waals surface area contributed by atoms with Crippen LogP contribution in [0.25, 0.3) is 0 Å². The van der Waals surface area contributed by atoms with Crippen molar-refractivity contribution in [1.82, 2.24) is 14.8 Å². The highest BCUT2D eigenvalue weighted by Gasteiger charge is 2.27. The van der Waals surface area contributed by atoms with Gasteiger partial charge in [-0.2, -0.15) is 5.10 Å². The van der Waals surface area contributed by atoms with E-state index in [1.54, 1.807) is 0 Å². The maximum absolute atomic E-state index is 4.71. The summed E-state index contributed by atoms with van der Waals surface area (Å²) in [5, 5.41) is 4.71. The Labute approximate surface area is 122 Å².